The normalized spacial score (nSPS) is 18.9. The van der Waals surface area contributed by atoms with Gasteiger partial charge in [-0.3, -0.25) is 19.4 Å². The summed E-state index contributed by atoms with van der Waals surface area (Å²) in [6, 6.07) is 18.0. The van der Waals surface area contributed by atoms with Gasteiger partial charge in [-0.1, -0.05) is 48.5 Å². The topological polar surface area (TPSA) is 43.9 Å². The predicted octanol–water partition coefficient (Wildman–Crippen LogP) is 3.09. The van der Waals surface area contributed by atoms with Crippen LogP contribution in [0.15, 0.2) is 54.6 Å². The van der Waals surface area contributed by atoms with Crippen molar-refractivity contribution in [1.29, 1.82) is 0 Å². The fourth-order valence-electron chi connectivity index (χ4n) is 4.41. The smallest absolute Gasteiger partial charge is 0.245 e. The average molecular weight is 392 g/mol. The first-order valence-corrected chi connectivity index (χ1v) is 10.6. The van der Waals surface area contributed by atoms with Crippen molar-refractivity contribution in [3.63, 3.8) is 0 Å². The van der Waals surface area contributed by atoms with E-state index in [1.54, 1.807) is 4.90 Å². The average Bonchev–Trinajstić information content (AvgIpc) is 2.92. The molecule has 2 heterocycles. The summed E-state index contributed by atoms with van der Waals surface area (Å²) < 4.78 is 0. The van der Waals surface area contributed by atoms with Gasteiger partial charge >= 0.3 is 0 Å². The van der Waals surface area contributed by atoms with Crippen molar-refractivity contribution in [3.8, 4) is 0 Å². The molecule has 0 unspecified atom stereocenters. The number of carbonyl (C=O) groups excluding carboxylic acids is 2. The lowest BCUT2D eigenvalue weighted by Crippen LogP contribution is -2.55. The molecule has 1 fully saturated rings. The predicted molar refractivity (Wildman–Crippen MR) is 115 cm³/mol. The van der Waals surface area contributed by atoms with Crippen LogP contribution >= 0.6 is 0 Å². The molecule has 0 saturated carbocycles. The fourth-order valence-corrected chi connectivity index (χ4v) is 4.41. The zero-order valence-corrected chi connectivity index (χ0v) is 17.1. The highest BCUT2D eigenvalue weighted by atomic mass is 16.2. The van der Waals surface area contributed by atoms with Gasteiger partial charge in [0, 0.05) is 44.8 Å². The van der Waals surface area contributed by atoms with Gasteiger partial charge in [0.15, 0.2) is 0 Å². The Balaban J connectivity index is 1.41. The molecule has 2 aliphatic rings. The number of piperazine rings is 1. The van der Waals surface area contributed by atoms with Crippen LogP contribution in [0.4, 0.5) is 5.69 Å². The molecule has 5 nitrogen and oxygen atoms in total. The van der Waals surface area contributed by atoms with Gasteiger partial charge in [0.25, 0.3) is 0 Å². The molecule has 0 bridgehead atoms. The van der Waals surface area contributed by atoms with Crippen molar-refractivity contribution >= 4 is 17.5 Å². The van der Waals surface area contributed by atoms with Crippen molar-refractivity contribution < 1.29 is 9.59 Å². The lowest BCUT2D eigenvalue weighted by Gasteiger charge is -2.38. The van der Waals surface area contributed by atoms with Crippen LogP contribution < -0.4 is 4.90 Å². The molecule has 0 aliphatic carbocycles. The largest absolute Gasteiger partial charge is 0.338 e. The fraction of sp³-hybridized carbons (Fsp3) is 0.417. The molecular formula is C24H29N3O2. The van der Waals surface area contributed by atoms with Crippen molar-refractivity contribution in [2.75, 3.05) is 31.1 Å². The minimum Gasteiger partial charge on any atom is -0.338 e. The Morgan fingerprint density at radius 2 is 1.62 bits per heavy atom. The molecule has 5 heteroatoms. The monoisotopic (exact) mass is 391 g/mol. The number of anilines is 1. The van der Waals surface area contributed by atoms with E-state index in [1.807, 2.05) is 36.1 Å². The molecule has 2 aromatic rings. The van der Waals surface area contributed by atoms with Crippen LogP contribution in [0.1, 0.15) is 30.9 Å². The number of carbonyl (C=O) groups is 2. The summed E-state index contributed by atoms with van der Waals surface area (Å²) in [7, 11) is 0. The Morgan fingerprint density at radius 1 is 0.931 bits per heavy atom. The Labute approximate surface area is 172 Å². The SMILES string of the molecule is C[C@H](C(=O)N1CCN(Cc2ccccc2)CC1)N1C(=O)CCCc2ccccc21. The van der Waals surface area contributed by atoms with Gasteiger partial charge in [-0.05, 0) is 37.0 Å². The Morgan fingerprint density at radius 3 is 2.38 bits per heavy atom. The summed E-state index contributed by atoms with van der Waals surface area (Å²) in [5, 5.41) is 0. The van der Waals surface area contributed by atoms with Crippen LogP contribution in [0.2, 0.25) is 0 Å². The quantitative estimate of drug-likeness (QED) is 0.805. The van der Waals surface area contributed by atoms with Crippen molar-refractivity contribution in [2.45, 2.75) is 38.8 Å². The molecule has 2 aromatic carbocycles. The molecule has 2 amide bonds. The molecule has 4 rings (SSSR count). The summed E-state index contributed by atoms with van der Waals surface area (Å²) in [5.41, 5.74) is 3.36. The third kappa shape index (κ3) is 4.35. The zero-order valence-electron chi connectivity index (χ0n) is 17.1. The molecule has 0 aromatic heterocycles. The second-order valence-electron chi connectivity index (χ2n) is 8.01. The third-order valence-corrected chi connectivity index (χ3v) is 6.03. The number of fused-ring (bicyclic) bond motifs is 1. The summed E-state index contributed by atoms with van der Waals surface area (Å²) >= 11 is 0. The molecule has 1 saturated heterocycles. The standard InChI is InChI=1S/C24H29N3O2/c1-19(27-22-12-6-5-10-21(22)11-7-13-23(27)28)24(29)26-16-14-25(15-17-26)18-20-8-3-2-4-9-20/h2-6,8-10,12,19H,7,11,13-18H2,1H3/t19-/m1/s1. The van der Waals surface area contributed by atoms with Crippen molar-refractivity contribution in [3.05, 3.63) is 65.7 Å². The first-order chi connectivity index (χ1) is 14.1. The zero-order chi connectivity index (χ0) is 20.2. The van der Waals surface area contributed by atoms with Crippen molar-refractivity contribution in [1.82, 2.24) is 9.80 Å². The van der Waals surface area contributed by atoms with E-state index >= 15 is 0 Å². The van der Waals surface area contributed by atoms with Crippen LogP contribution in [-0.4, -0.2) is 53.8 Å². The van der Waals surface area contributed by atoms with Gasteiger partial charge in [0.05, 0.1) is 0 Å². The van der Waals surface area contributed by atoms with Gasteiger partial charge in [-0.25, -0.2) is 0 Å². The van der Waals surface area contributed by atoms with E-state index in [2.05, 4.69) is 35.2 Å². The summed E-state index contributed by atoms with van der Waals surface area (Å²) in [6.45, 7) is 5.92. The van der Waals surface area contributed by atoms with Crippen LogP contribution in [0, 0.1) is 0 Å². The van der Waals surface area contributed by atoms with E-state index in [-0.39, 0.29) is 11.8 Å². The summed E-state index contributed by atoms with van der Waals surface area (Å²) in [5.74, 6) is 0.105. The molecule has 0 spiro atoms. The highest BCUT2D eigenvalue weighted by molar-refractivity contribution is 6.01. The number of aryl methyl sites for hydroxylation is 1. The van der Waals surface area contributed by atoms with Gasteiger partial charge < -0.3 is 4.90 Å². The Bertz CT molecular complexity index is 859. The third-order valence-electron chi connectivity index (χ3n) is 6.03. The minimum atomic E-state index is -0.470. The maximum atomic E-state index is 13.2. The molecule has 0 N–H and O–H groups in total. The summed E-state index contributed by atoms with van der Waals surface area (Å²) in [6.07, 6.45) is 2.22. The van der Waals surface area contributed by atoms with Gasteiger partial charge in [0.2, 0.25) is 11.8 Å². The summed E-state index contributed by atoms with van der Waals surface area (Å²) in [4.78, 5) is 32.1. The molecule has 2 aliphatic heterocycles. The number of amides is 2. The highest BCUT2D eigenvalue weighted by Gasteiger charge is 2.33. The van der Waals surface area contributed by atoms with E-state index in [9.17, 15) is 9.59 Å². The maximum Gasteiger partial charge on any atom is 0.245 e. The molecule has 29 heavy (non-hydrogen) atoms. The maximum absolute atomic E-state index is 13.2. The number of nitrogens with zero attached hydrogens (tertiary/aromatic N) is 3. The van der Waals surface area contributed by atoms with Crippen molar-refractivity contribution in [2.24, 2.45) is 0 Å². The molecule has 0 radical (unpaired) electrons. The highest BCUT2D eigenvalue weighted by Crippen LogP contribution is 2.29. The van der Waals surface area contributed by atoms with Crippen LogP contribution in [-0.2, 0) is 22.6 Å². The van der Waals surface area contributed by atoms with E-state index in [0.29, 0.717) is 19.5 Å². The molecule has 1 atom stereocenters. The number of hydrogen-bond acceptors (Lipinski definition) is 3. The van der Waals surface area contributed by atoms with E-state index in [0.717, 1.165) is 43.7 Å². The lowest BCUT2D eigenvalue weighted by atomic mass is 10.1. The Kier molecular flexibility index (Phi) is 5.95. The van der Waals surface area contributed by atoms with Gasteiger partial charge in [-0.15, -0.1) is 0 Å². The van der Waals surface area contributed by atoms with Crippen LogP contribution in [0.3, 0.4) is 0 Å². The second kappa shape index (κ2) is 8.78. The number of hydrogen-bond donors (Lipinski definition) is 0. The number of benzene rings is 2. The lowest BCUT2D eigenvalue weighted by molar-refractivity contribution is -0.135. The number of rotatable bonds is 4. The Hall–Kier alpha value is -2.66. The van der Waals surface area contributed by atoms with E-state index < -0.39 is 6.04 Å². The van der Waals surface area contributed by atoms with E-state index in [1.165, 1.54) is 5.56 Å². The van der Waals surface area contributed by atoms with Gasteiger partial charge in [0.1, 0.15) is 6.04 Å². The van der Waals surface area contributed by atoms with Gasteiger partial charge in [-0.2, -0.15) is 0 Å². The first-order valence-electron chi connectivity index (χ1n) is 10.6. The van der Waals surface area contributed by atoms with Crippen LogP contribution in [0.25, 0.3) is 0 Å². The molecule has 152 valence electrons. The molecular weight excluding hydrogens is 362 g/mol. The second-order valence-corrected chi connectivity index (χ2v) is 8.01. The minimum absolute atomic E-state index is 0.0504. The number of para-hydroxylation sites is 1. The van der Waals surface area contributed by atoms with Crippen LogP contribution in [0.5, 0.6) is 0 Å². The van der Waals surface area contributed by atoms with E-state index in [4.69, 9.17) is 0 Å². The first kappa shape index (κ1) is 19.6.